The molecule has 0 radical (unpaired) electrons. The lowest BCUT2D eigenvalue weighted by molar-refractivity contribution is -0.143. The molecular formula is C16H25N3O3. The van der Waals surface area contributed by atoms with Gasteiger partial charge in [0.05, 0.1) is 26.4 Å². The smallest absolute Gasteiger partial charge is 0.117 e. The fourth-order valence-corrected chi connectivity index (χ4v) is 3.31. The predicted molar refractivity (Wildman–Crippen MR) is 82.5 cm³/mol. The minimum absolute atomic E-state index is 0.191. The molecule has 122 valence electrons. The third kappa shape index (κ3) is 4.02. The van der Waals surface area contributed by atoms with Crippen LogP contribution >= 0.6 is 0 Å². The highest BCUT2D eigenvalue weighted by Crippen LogP contribution is 2.23. The van der Waals surface area contributed by atoms with Crippen LogP contribution in [0.5, 0.6) is 0 Å². The lowest BCUT2D eigenvalue weighted by atomic mass is 10.0. The molecule has 1 aromatic heterocycles. The van der Waals surface area contributed by atoms with Crippen molar-refractivity contribution < 1.29 is 14.6 Å². The highest BCUT2D eigenvalue weighted by Gasteiger charge is 2.40. The van der Waals surface area contributed by atoms with Gasteiger partial charge in [-0.15, -0.1) is 0 Å². The molecule has 1 unspecified atom stereocenters. The summed E-state index contributed by atoms with van der Waals surface area (Å²) in [5, 5.41) is 9.18. The van der Waals surface area contributed by atoms with Crippen LogP contribution in [0.2, 0.25) is 0 Å². The van der Waals surface area contributed by atoms with Crippen molar-refractivity contribution in [2.24, 2.45) is 0 Å². The second-order valence-corrected chi connectivity index (χ2v) is 6.16. The van der Waals surface area contributed by atoms with E-state index < -0.39 is 0 Å². The van der Waals surface area contributed by atoms with Crippen LogP contribution in [0.15, 0.2) is 24.5 Å². The summed E-state index contributed by atoms with van der Waals surface area (Å²) in [6, 6.07) is 4.07. The van der Waals surface area contributed by atoms with Crippen molar-refractivity contribution in [2.45, 2.75) is 12.1 Å². The number of rotatable bonds is 4. The second kappa shape index (κ2) is 7.48. The van der Waals surface area contributed by atoms with Crippen molar-refractivity contribution >= 4 is 0 Å². The monoisotopic (exact) mass is 307 g/mol. The second-order valence-electron chi connectivity index (χ2n) is 6.16. The van der Waals surface area contributed by atoms with Crippen LogP contribution in [-0.4, -0.2) is 84.6 Å². The van der Waals surface area contributed by atoms with E-state index >= 15 is 0 Å². The van der Waals surface area contributed by atoms with Crippen molar-refractivity contribution in [3.05, 3.63) is 30.1 Å². The van der Waals surface area contributed by atoms with Gasteiger partial charge in [-0.25, -0.2) is 0 Å². The molecule has 1 N–H and O–H groups in total. The van der Waals surface area contributed by atoms with Crippen LogP contribution in [0.3, 0.4) is 0 Å². The molecule has 3 rings (SSSR count). The Hall–Kier alpha value is -1.05. The van der Waals surface area contributed by atoms with Crippen LogP contribution in [0.25, 0.3) is 0 Å². The molecule has 0 bridgehead atoms. The molecule has 2 aliphatic heterocycles. The van der Waals surface area contributed by atoms with Crippen LogP contribution < -0.4 is 0 Å². The molecule has 0 amide bonds. The number of aliphatic hydroxyl groups is 1. The Morgan fingerprint density at radius 1 is 1.23 bits per heavy atom. The molecule has 0 aliphatic carbocycles. The molecular weight excluding hydrogens is 282 g/mol. The van der Waals surface area contributed by atoms with Gasteiger partial charge in [0.15, 0.2) is 0 Å². The van der Waals surface area contributed by atoms with E-state index in [0.29, 0.717) is 19.8 Å². The molecule has 0 saturated carbocycles. The fourth-order valence-electron chi connectivity index (χ4n) is 3.31. The summed E-state index contributed by atoms with van der Waals surface area (Å²) in [7, 11) is 0. The molecule has 1 aromatic rings. The minimum Gasteiger partial charge on any atom is -0.395 e. The molecule has 6 heteroatoms. The lowest BCUT2D eigenvalue weighted by Gasteiger charge is -2.43. The van der Waals surface area contributed by atoms with Gasteiger partial charge in [-0.05, 0) is 11.6 Å². The van der Waals surface area contributed by atoms with Crippen molar-refractivity contribution in [3.63, 3.8) is 0 Å². The molecule has 2 fully saturated rings. The molecule has 2 aliphatic rings. The maximum absolute atomic E-state index is 9.18. The van der Waals surface area contributed by atoms with Gasteiger partial charge < -0.3 is 14.6 Å². The Morgan fingerprint density at radius 3 is 2.91 bits per heavy atom. The summed E-state index contributed by atoms with van der Waals surface area (Å²) in [5.74, 6) is 0. The topological polar surface area (TPSA) is 58.1 Å². The summed E-state index contributed by atoms with van der Waals surface area (Å²) in [4.78, 5) is 8.83. The number of pyridine rings is 1. The van der Waals surface area contributed by atoms with Crippen molar-refractivity contribution in [1.82, 2.24) is 14.8 Å². The fraction of sp³-hybridized carbons (Fsp3) is 0.688. The third-order valence-corrected chi connectivity index (χ3v) is 4.30. The van der Waals surface area contributed by atoms with Gasteiger partial charge in [-0.1, -0.05) is 6.07 Å². The Bertz CT molecular complexity index is 457. The van der Waals surface area contributed by atoms with E-state index in [4.69, 9.17) is 9.47 Å². The SMILES string of the molecule is OCCN1CCOC2(COCCN(Cc3cccnc3)C2)C1. The standard InChI is InChI=1S/C16H25N3O3/c20-7-4-18-6-9-22-16(12-18)13-19(5-8-21-14-16)11-15-2-1-3-17-10-15/h1-3,10,20H,4-9,11-14H2. The van der Waals surface area contributed by atoms with E-state index in [2.05, 4.69) is 20.9 Å². The predicted octanol–water partition coefficient (Wildman–Crippen LogP) is -0.0229. The van der Waals surface area contributed by atoms with E-state index in [1.807, 2.05) is 12.3 Å². The molecule has 6 nitrogen and oxygen atoms in total. The van der Waals surface area contributed by atoms with Gasteiger partial charge in [0.1, 0.15) is 5.60 Å². The number of morpholine rings is 1. The summed E-state index contributed by atoms with van der Waals surface area (Å²) < 4.78 is 11.9. The van der Waals surface area contributed by atoms with E-state index in [1.165, 1.54) is 5.56 Å². The van der Waals surface area contributed by atoms with E-state index in [0.717, 1.165) is 39.3 Å². The number of hydrogen-bond acceptors (Lipinski definition) is 6. The Balaban J connectivity index is 1.66. The van der Waals surface area contributed by atoms with Gasteiger partial charge in [-0.2, -0.15) is 0 Å². The zero-order valence-corrected chi connectivity index (χ0v) is 13.0. The molecule has 2 saturated heterocycles. The molecule has 3 heterocycles. The van der Waals surface area contributed by atoms with Gasteiger partial charge >= 0.3 is 0 Å². The van der Waals surface area contributed by atoms with Crippen LogP contribution in [-0.2, 0) is 16.0 Å². The molecule has 1 atom stereocenters. The number of aliphatic hydroxyl groups excluding tert-OH is 1. The first kappa shape index (κ1) is 15.8. The zero-order valence-electron chi connectivity index (χ0n) is 13.0. The molecule has 1 spiro atoms. The zero-order chi connectivity index (χ0) is 15.3. The number of aromatic nitrogens is 1. The number of ether oxygens (including phenoxy) is 2. The van der Waals surface area contributed by atoms with Gasteiger partial charge in [0.25, 0.3) is 0 Å². The summed E-state index contributed by atoms with van der Waals surface area (Å²) >= 11 is 0. The van der Waals surface area contributed by atoms with E-state index in [9.17, 15) is 5.11 Å². The third-order valence-electron chi connectivity index (χ3n) is 4.30. The summed E-state index contributed by atoms with van der Waals surface area (Å²) in [5.41, 5.74) is 0.925. The lowest BCUT2D eigenvalue weighted by Crippen LogP contribution is -2.58. The maximum Gasteiger partial charge on any atom is 0.117 e. The van der Waals surface area contributed by atoms with Gasteiger partial charge in [0.2, 0.25) is 0 Å². The van der Waals surface area contributed by atoms with Crippen LogP contribution in [0.1, 0.15) is 5.56 Å². The van der Waals surface area contributed by atoms with Gasteiger partial charge in [-0.3, -0.25) is 14.8 Å². The summed E-state index contributed by atoms with van der Waals surface area (Å²) in [6.45, 7) is 7.26. The van der Waals surface area contributed by atoms with E-state index in [1.54, 1.807) is 6.20 Å². The highest BCUT2D eigenvalue weighted by atomic mass is 16.5. The first-order valence-corrected chi connectivity index (χ1v) is 7.96. The molecule has 0 aromatic carbocycles. The number of hydrogen-bond donors (Lipinski definition) is 1. The first-order chi connectivity index (χ1) is 10.8. The van der Waals surface area contributed by atoms with Crippen LogP contribution in [0, 0.1) is 0 Å². The average Bonchev–Trinajstić information content (AvgIpc) is 2.71. The Labute approximate surface area is 131 Å². The Kier molecular flexibility index (Phi) is 5.38. The normalized spacial score (nSPS) is 27.9. The average molecular weight is 307 g/mol. The number of β-amino-alcohol motifs (C(OH)–C–C–N with tert-alkyl or cyclic N) is 1. The van der Waals surface area contributed by atoms with Crippen molar-refractivity contribution in [2.75, 3.05) is 59.2 Å². The Morgan fingerprint density at radius 2 is 2.09 bits per heavy atom. The first-order valence-electron chi connectivity index (χ1n) is 7.96. The highest BCUT2D eigenvalue weighted by molar-refractivity contribution is 5.08. The number of nitrogens with zero attached hydrogens (tertiary/aromatic N) is 3. The largest absolute Gasteiger partial charge is 0.395 e. The van der Waals surface area contributed by atoms with Crippen molar-refractivity contribution in [3.8, 4) is 0 Å². The van der Waals surface area contributed by atoms with Gasteiger partial charge in [0, 0.05) is 51.7 Å². The van der Waals surface area contributed by atoms with Crippen molar-refractivity contribution in [1.29, 1.82) is 0 Å². The summed E-state index contributed by atoms with van der Waals surface area (Å²) in [6.07, 6.45) is 3.71. The minimum atomic E-state index is -0.286. The molecule has 22 heavy (non-hydrogen) atoms. The van der Waals surface area contributed by atoms with E-state index in [-0.39, 0.29) is 12.2 Å². The van der Waals surface area contributed by atoms with Crippen LogP contribution in [0.4, 0.5) is 0 Å². The maximum atomic E-state index is 9.18. The quantitative estimate of drug-likeness (QED) is 0.843.